The standard InChI is InChI=1S/C62H117N2O6P/c1-6-8-10-12-14-16-18-20-22-23-24-25-26-27-28-29-30-31-32-33-34-35-36-37-38-39-40-41-42-44-46-48-50-52-54-56-62(66)63-60(59-70-71(67,68)69-58-57-64(3,4)5)61(65)55-53-51-49-47-45-43-21-19-17-15-13-11-9-7-2/h8,10,14,16,20,22,24-25,27-28,60-61,65H,6-7,9,11-13,15,17-19,21,23,26,29-59H2,1-5H3,(H-,63,66,67,68)/b10-8-,16-14-,22-20-,25-24-,28-27-. The molecule has 9 heteroatoms. The zero-order valence-electron chi connectivity index (χ0n) is 47.4. The van der Waals surface area contributed by atoms with E-state index in [4.69, 9.17) is 9.05 Å². The number of carbonyl (C=O) groups excluding carboxylic acids is 1. The van der Waals surface area contributed by atoms with E-state index >= 15 is 0 Å². The van der Waals surface area contributed by atoms with Gasteiger partial charge in [0.2, 0.25) is 5.91 Å². The normalized spacial score (nSPS) is 14.3. The van der Waals surface area contributed by atoms with Crippen molar-refractivity contribution in [3.8, 4) is 0 Å². The van der Waals surface area contributed by atoms with Crippen LogP contribution in [0.25, 0.3) is 0 Å². The number of amides is 1. The van der Waals surface area contributed by atoms with Crippen molar-refractivity contribution in [1.29, 1.82) is 0 Å². The molecule has 0 aromatic heterocycles. The Bertz CT molecular complexity index is 1340. The zero-order valence-corrected chi connectivity index (χ0v) is 48.3. The number of nitrogens with one attached hydrogen (secondary N) is 1. The Balaban J connectivity index is 3.97. The molecule has 0 bridgehead atoms. The molecule has 416 valence electrons. The van der Waals surface area contributed by atoms with Crippen molar-refractivity contribution in [3.63, 3.8) is 0 Å². The van der Waals surface area contributed by atoms with E-state index in [1.807, 2.05) is 21.1 Å². The number of unbranched alkanes of at least 4 members (excludes halogenated alkanes) is 32. The molecule has 3 atom stereocenters. The Morgan fingerprint density at radius 2 is 0.859 bits per heavy atom. The molecule has 0 aliphatic rings. The molecule has 0 fully saturated rings. The van der Waals surface area contributed by atoms with Crippen molar-refractivity contribution in [3.05, 3.63) is 60.8 Å². The third kappa shape index (κ3) is 55.8. The van der Waals surface area contributed by atoms with Crippen molar-refractivity contribution in [1.82, 2.24) is 5.32 Å². The van der Waals surface area contributed by atoms with Gasteiger partial charge in [0.05, 0.1) is 39.9 Å². The maximum absolute atomic E-state index is 13.0. The molecule has 0 rings (SSSR count). The Hall–Kier alpha value is -1.80. The molecule has 71 heavy (non-hydrogen) atoms. The van der Waals surface area contributed by atoms with E-state index in [9.17, 15) is 19.4 Å². The van der Waals surface area contributed by atoms with Crippen LogP contribution in [0, 0.1) is 0 Å². The summed E-state index contributed by atoms with van der Waals surface area (Å²) in [4.78, 5) is 25.5. The van der Waals surface area contributed by atoms with E-state index in [0.717, 1.165) is 70.6 Å². The lowest BCUT2D eigenvalue weighted by Crippen LogP contribution is -2.46. The largest absolute Gasteiger partial charge is 0.756 e. The summed E-state index contributed by atoms with van der Waals surface area (Å²) in [5.74, 6) is -0.162. The third-order valence-corrected chi connectivity index (χ3v) is 14.5. The zero-order chi connectivity index (χ0) is 52.0. The summed E-state index contributed by atoms with van der Waals surface area (Å²) in [6, 6.07) is -0.800. The number of phosphoric ester groups is 1. The predicted octanol–water partition coefficient (Wildman–Crippen LogP) is 17.9. The second-order valence-corrected chi connectivity index (χ2v) is 23.1. The van der Waals surface area contributed by atoms with Gasteiger partial charge in [-0.25, -0.2) is 0 Å². The first-order chi connectivity index (χ1) is 34.5. The van der Waals surface area contributed by atoms with Crippen LogP contribution in [0.1, 0.15) is 277 Å². The van der Waals surface area contributed by atoms with Crippen LogP contribution in [-0.4, -0.2) is 68.5 Å². The van der Waals surface area contributed by atoms with Gasteiger partial charge in [-0.2, -0.15) is 0 Å². The molecule has 0 aliphatic heterocycles. The summed E-state index contributed by atoms with van der Waals surface area (Å²) in [5.41, 5.74) is 0. The first-order valence-electron chi connectivity index (χ1n) is 30.1. The minimum atomic E-state index is -4.57. The highest BCUT2D eigenvalue weighted by Gasteiger charge is 2.24. The van der Waals surface area contributed by atoms with Crippen molar-refractivity contribution in [2.24, 2.45) is 0 Å². The van der Waals surface area contributed by atoms with Gasteiger partial charge in [0.25, 0.3) is 7.82 Å². The average Bonchev–Trinajstić information content (AvgIpc) is 3.33. The first kappa shape index (κ1) is 69.2. The number of quaternary nitrogens is 1. The van der Waals surface area contributed by atoms with Crippen molar-refractivity contribution in [2.75, 3.05) is 40.9 Å². The number of aliphatic hydroxyl groups excluding tert-OH is 1. The molecule has 0 radical (unpaired) electrons. The lowest BCUT2D eigenvalue weighted by molar-refractivity contribution is -0.870. The maximum atomic E-state index is 13.0. The highest BCUT2D eigenvalue weighted by Crippen LogP contribution is 2.38. The van der Waals surface area contributed by atoms with Crippen LogP contribution in [0.15, 0.2) is 60.8 Å². The van der Waals surface area contributed by atoms with Gasteiger partial charge >= 0.3 is 0 Å². The molecule has 0 heterocycles. The second-order valence-electron chi connectivity index (χ2n) is 21.7. The quantitative estimate of drug-likeness (QED) is 0.0272. The highest BCUT2D eigenvalue weighted by atomic mass is 31.2. The second kappa shape index (κ2) is 53.0. The number of rotatable bonds is 55. The number of likely N-dealkylation sites (N-methyl/N-ethyl adjacent to an activating group) is 1. The minimum Gasteiger partial charge on any atom is -0.756 e. The predicted molar refractivity (Wildman–Crippen MR) is 307 cm³/mol. The van der Waals surface area contributed by atoms with Crippen LogP contribution >= 0.6 is 7.82 Å². The van der Waals surface area contributed by atoms with Gasteiger partial charge in [0.15, 0.2) is 0 Å². The molecule has 8 nitrogen and oxygen atoms in total. The van der Waals surface area contributed by atoms with Gasteiger partial charge in [-0.3, -0.25) is 9.36 Å². The smallest absolute Gasteiger partial charge is 0.268 e. The monoisotopic (exact) mass is 1020 g/mol. The molecule has 0 saturated carbocycles. The number of carbonyl (C=O) groups is 1. The van der Waals surface area contributed by atoms with Gasteiger partial charge in [0.1, 0.15) is 13.2 Å². The van der Waals surface area contributed by atoms with Crippen molar-refractivity contribution in [2.45, 2.75) is 289 Å². The third-order valence-electron chi connectivity index (χ3n) is 13.5. The molecule has 1 amide bonds. The van der Waals surface area contributed by atoms with Gasteiger partial charge in [0, 0.05) is 6.42 Å². The summed E-state index contributed by atoms with van der Waals surface area (Å²) < 4.78 is 23.4. The number of nitrogens with zero attached hydrogens (tertiary/aromatic N) is 1. The minimum absolute atomic E-state index is 0.0126. The van der Waals surface area contributed by atoms with Crippen molar-refractivity contribution < 1.29 is 32.9 Å². The summed E-state index contributed by atoms with van der Waals surface area (Å²) in [6.07, 6.45) is 71.2. The Morgan fingerprint density at radius 3 is 1.25 bits per heavy atom. The molecule has 3 unspecified atom stereocenters. The number of hydrogen-bond donors (Lipinski definition) is 2. The summed E-state index contributed by atoms with van der Waals surface area (Å²) in [5, 5.41) is 14.0. The molecule has 0 spiro atoms. The van der Waals surface area contributed by atoms with E-state index in [1.54, 1.807) is 0 Å². The SMILES string of the molecule is CC/C=C\C/C=C\C/C=C\C/C=C\C/C=C\CCCCCCCCCCCCCCCCCCCCCC(=O)NC(COP(=O)([O-])OCC[N+](C)(C)C)C(O)CCCCCCCCCCCCCCCC. The number of aliphatic hydroxyl groups is 1. The fourth-order valence-electron chi connectivity index (χ4n) is 8.83. The van der Waals surface area contributed by atoms with Gasteiger partial charge in [-0.15, -0.1) is 0 Å². The van der Waals surface area contributed by atoms with Crippen LogP contribution in [-0.2, 0) is 18.4 Å². The topological polar surface area (TPSA) is 108 Å². The summed E-state index contributed by atoms with van der Waals surface area (Å²) in [6.45, 7) is 4.63. The summed E-state index contributed by atoms with van der Waals surface area (Å²) in [7, 11) is 1.31. The Kier molecular flexibility index (Phi) is 51.7. The van der Waals surface area contributed by atoms with Crippen LogP contribution in [0.4, 0.5) is 0 Å². The molecule has 0 saturated heterocycles. The van der Waals surface area contributed by atoms with E-state index in [0.29, 0.717) is 23.9 Å². The lowest BCUT2D eigenvalue weighted by Gasteiger charge is -2.30. The fourth-order valence-corrected chi connectivity index (χ4v) is 9.56. The van der Waals surface area contributed by atoms with Crippen LogP contribution in [0.5, 0.6) is 0 Å². The molecule has 2 N–H and O–H groups in total. The number of allylic oxidation sites excluding steroid dienone is 10. The van der Waals surface area contributed by atoms with E-state index in [-0.39, 0.29) is 19.1 Å². The van der Waals surface area contributed by atoms with E-state index in [1.165, 1.54) is 180 Å². The number of phosphoric acid groups is 1. The lowest BCUT2D eigenvalue weighted by atomic mass is 10.0. The van der Waals surface area contributed by atoms with Crippen molar-refractivity contribution >= 4 is 13.7 Å². The van der Waals surface area contributed by atoms with Gasteiger partial charge in [-0.1, -0.05) is 274 Å². The highest BCUT2D eigenvalue weighted by molar-refractivity contribution is 7.45. The van der Waals surface area contributed by atoms with Crippen LogP contribution in [0.2, 0.25) is 0 Å². The molecular weight excluding hydrogens is 900 g/mol. The van der Waals surface area contributed by atoms with Gasteiger partial charge in [-0.05, 0) is 57.8 Å². The fraction of sp³-hybridized carbons (Fsp3) is 0.823. The van der Waals surface area contributed by atoms with Crippen LogP contribution < -0.4 is 10.2 Å². The molecule has 0 aromatic carbocycles. The molecular formula is C62H117N2O6P. The Morgan fingerprint density at radius 1 is 0.507 bits per heavy atom. The first-order valence-corrected chi connectivity index (χ1v) is 31.6. The summed E-state index contributed by atoms with van der Waals surface area (Å²) >= 11 is 0. The van der Waals surface area contributed by atoms with E-state index in [2.05, 4.69) is 79.9 Å². The van der Waals surface area contributed by atoms with E-state index < -0.39 is 20.0 Å². The molecule has 0 aliphatic carbocycles. The Labute approximate surface area is 441 Å². The average molecular weight is 1020 g/mol. The number of hydrogen-bond acceptors (Lipinski definition) is 6. The maximum Gasteiger partial charge on any atom is 0.268 e. The molecule has 0 aromatic rings. The van der Waals surface area contributed by atoms with Gasteiger partial charge < -0.3 is 28.8 Å². The van der Waals surface area contributed by atoms with Crippen LogP contribution in [0.3, 0.4) is 0 Å².